The van der Waals surface area contributed by atoms with Crippen molar-refractivity contribution in [2.24, 2.45) is 7.05 Å². The maximum atomic E-state index is 9.41. The van der Waals surface area contributed by atoms with E-state index < -0.39 is 0 Å². The average molecular weight is 287 g/mol. The third kappa shape index (κ3) is 3.08. The van der Waals surface area contributed by atoms with E-state index in [0.717, 1.165) is 35.5 Å². The summed E-state index contributed by atoms with van der Waals surface area (Å²) < 4.78 is 7.65. The van der Waals surface area contributed by atoms with Gasteiger partial charge in [-0.05, 0) is 37.8 Å². The van der Waals surface area contributed by atoms with E-state index in [-0.39, 0.29) is 6.61 Å². The number of rotatable bonds is 4. The number of aliphatic hydroxyl groups is 1. The molecule has 0 radical (unpaired) electrons. The topological polar surface area (TPSA) is 60.2 Å². The van der Waals surface area contributed by atoms with Crippen LogP contribution in [0.5, 0.6) is 5.75 Å². The summed E-state index contributed by atoms with van der Waals surface area (Å²) in [6.07, 6.45) is 9.93. The van der Waals surface area contributed by atoms with Crippen molar-refractivity contribution in [2.75, 3.05) is 0 Å². The fourth-order valence-corrected chi connectivity index (χ4v) is 2.85. The van der Waals surface area contributed by atoms with Gasteiger partial charge in [-0.3, -0.25) is 9.67 Å². The summed E-state index contributed by atoms with van der Waals surface area (Å²) in [6.45, 7) is -0.0478. The second-order valence-corrected chi connectivity index (χ2v) is 5.54. The summed E-state index contributed by atoms with van der Waals surface area (Å²) in [6, 6.07) is 3.87. The summed E-state index contributed by atoms with van der Waals surface area (Å²) >= 11 is 0. The zero-order chi connectivity index (χ0) is 14.7. The van der Waals surface area contributed by atoms with Gasteiger partial charge in [-0.15, -0.1) is 0 Å². The molecule has 0 spiro atoms. The van der Waals surface area contributed by atoms with E-state index in [4.69, 9.17) is 4.74 Å². The molecule has 0 bridgehead atoms. The number of aromatic nitrogens is 3. The van der Waals surface area contributed by atoms with E-state index in [1.54, 1.807) is 17.1 Å². The van der Waals surface area contributed by atoms with Gasteiger partial charge in [0.2, 0.25) is 0 Å². The van der Waals surface area contributed by atoms with Crippen LogP contribution < -0.4 is 4.74 Å². The lowest BCUT2D eigenvalue weighted by Gasteiger charge is -2.22. The van der Waals surface area contributed by atoms with Gasteiger partial charge in [0.05, 0.1) is 36.5 Å². The van der Waals surface area contributed by atoms with Gasteiger partial charge in [-0.25, -0.2) is 0 Å². The molecule has 112 valence electrons. The highest BCUT2D eigenvalue weighted by Gasteiger charge is 2.15. The van der Waals surface area contributed by atoms with Crippen LogP contribution in [-0.4, -0.2) is 26.0 Å². The molecule has 21 heavy (non-hydrogen) atoms. The largest absolute Gasteiger partial charge is 0.489 e. The smallest absolute Gasteiger partial charge is 0.138 e. The maximum absolute atomic E-state index is 9.41. The van der Waals surface area contributed by atoms with Crippen LogP contribution in [0, 0.1) is 0 Å². The van der Waals surface area contributed by atoms with Crippen LogP contribution >= 0.6 is 0 Å². The Morgan fingerprint density at radius 3 is 2.71 bits per heavy atom. The molecule has 5 heteroatoms. The highest BCUT2D eigenvalue weighted by molar-refractivity contribution is 5.61. The molecule has 0 amide bonds. The van der Waals surface area contributed by atoms with Crippen LogP contribution in [0.1, 0.15) is 37.8 Å². The number of nitrogens with zero attached hydrogens (tertiary/aromatic N) is 3. The molecule has 1 saturated carbocycles. The Balaban J connectivity index is 1.74. The Morgan fingerprint density at radius 2 is 2.05 bits per heavy atom. The fourth-order valence-electron chi connectivity index (χ4n) is 2.85. The molecule has 5 nitrogen and oxygen atoms in total. The van der Waals surface area contributed by atoms with E-state index in [2.05, 4.69) is 10.1 Å². The van der Waals surface area contributed by atoms with Gasteiger partial charge in [0.25, 0.3) is 0 Å². The number of hydrogen-bond donors (Lipinski definition) is 1. The molecule has 0 unspecified atom stereocenters. The first-order valence-electron chi connectivity index (χ1n) is 7.52. The molecule has 3 rings (SSSR count). The minimum absolute atomic E-state index is 0.0478. The van der Waals surface area contributed by atoms with E-state index in [0.29, 0.717) is 6.10 Å². The third-order valence-corrected chi connectivity index (χ3v) is 4.08. The van der Waals surface area contributed by atoms with Crippen molar-refractivity contribution in [1.29, 1.82) is 0 Å². The quantitative estimate of drug-likeness (QED) is 0.939. The van der Waals surface area contributed by atoms with Gasteiger partial charge in [0.15, 0.2) is 0 Å². The maximum Gasteiger partial charge on any atom is 0.138 e. The van der Waals surface area contributed by atoms with Crippen LogP contribution in [0.4, 0.5) is 0 Å². The first-order chi connectivity index (χ1) is 10.3. The zero-order valence-electron chi connectivity index (χ0n) is 12.3. The molecule has 0 aliphatic heterocycles. The van der Waals surface area contributed by atoms with Crippen LogP contribution in [0.3, 0.4) is 0 Å². The monoisotopic (exact) mass is 287 g/mol. The lowest BCUT2D eigenvalue weighted by molar-refractivity contribution is 0.154. The lowest BCUT2D eigenvalue weighted by atomic mass is 9.98. The Bertz CT molecular complexity index is 586. The number of aliphatic hydroxyl groups excluding tert-OH is 1. The second kappa shape index (κ2) is 6.26. The van der Waals surface area contributed by atoms with E-state index in [9.17, 15) is 5.11 Å². The molecule has 1 aliphatic carbocycles. The molecule has 0 aromatic carbocycles. The van der Waals surface area contributed by atoms with E-state index in [1.165, 1.54) is 19.3 Å². The molecule has 0 atom stereocenters. The van der Waals surface area contributed by atoms with Crippen LogP contribution in [0.25, 0.3) is 11.3 Å². The summed E-state index contributed by atoms with van der Waals surface area (Å²) in [4.78, 5) is 4.45. The van der Waals surface area contributed by atoms with E-state index >= 15 is 0 Å². The molecular weight excluding hydrogens is 266 g/mol. The van der Waals surface area contributed by atoms with Crippen molar-refractivity contribution in [3.8, 4) is 17.0 Å². The van der Waals surface area contributed by atoms with Crippen LogP contribution in [0.2, 0.25) is 0 Å². The van der Waals surface area contributed by atoms with Crippen molar-refractivity contribution in [2.45, 2.75) is 44.8 Å². The van der Waals surface area contributed by atoms with Crippen molar-refractivity contribution in [1.82, 2.24) is 14.8 Å². The summed E-state index contributed by atoms with van der Waals surface area (Å²) in [5, 5.41) is 13.6. The molecule has 0 saturated heterocycles. The van der Waals surface area contributed by atoms with Gasteiger partial charge < -0.3 is 9.84 Å². The Kier molecular flexibility index (Phi) is 4.20. The average Bonchev–Trinajstić information content (AvgIpc) is 2.90. The fraction of sp³-hybridized carbons (Fsp3) is 0.500. The number of aryl methyl sites for hydroxylation is 1. The van der Waals surface area contributed by atoms with Crippen molar-refractivity contribution in [3.05, 3.63) is 30.2 Å². The minimum atomic E-state index is -0.0478. The summed E-state index contributed by atoms with van der Waals surface area (Å²) in [5.74, 6) is 0.820. The molecular formula is C16H21N3O2. The lowest BCUT2D eigenvalue weighted by Crippen LogP contribution is -2.19. The highest BCUT2D eigenvalue weighted by atomic mass is 16.5. The minimum Gasteiger partial charge on any atom is -0.489 e. The Labute approximate surface area is 124 Å². The number of pyridine rings is 1. The van der Waals surface area contributed by atoms with Crippen molar-refractivity contribution < 1.29 is 9.84 Å². The molecule has 1 fully saturated rings. The van der Waals surface area contributed by atoms with Gasteiger partial charge >= 0.3 is 0 Å². The molecule has 1 aliphatic rings. The van der Waals surface area contributed by atoms with Crippen molar-refractivity contribution in [3.63, 3.8) is 0 Å². The van der Waals surface area contributed by atoms with Gasteiger partial charge in [0, 0.05) is 12.6 Å². The van der Waals surface area contributed by atoms with Gasteiger partial charge in [0.1, 0.15) is 5.75 Å². The van der Waals surface area contributed by atoms with Crippen LogP contribution in [-0.2, 0) is 13.7 Å². The molecule has 2 heterocycles. The standard InChI is InChI=1S/C16H21N3O2/c1-19-16(11-20)14(10-18-19)15-8-7-13(9-17-15)21-12-5-3-2-4-6-12/h7-10,12,20H,2-6,11H2,1H3. The Morgan fingerprint density at radius 1 is 1.24 bits per heavy atom. The van der Waals surface area contributed by atoms with Gasteiger partial charge in [-0.1, -0.05) is 6.42 Å². The molecule has 1 N–H and O–H groups in total. The SMILES string of the molecule is Cn1ncc(-c2ccc(OC3CCCCC3)cn2)c1CO. The number of ether oxygens (including phenoxy) is 1. The summed E-state index contributed by atoms with van der Waals surface area (Å²) in [7, 11) is 1.82. The van der Waals surface area contributed by atoms with Gasteiger partial charge in [-0.2, -0.15) is 5.10 Å². The Hall–Kier alpha value is -1.88. The predicted octanol–water partition coefficient (Wildman–Crippen LogP) is 2.69. The second-order valence-electron chi connectivity index (χ2n) is 5.54. The summed E-state index contributed by atoms with van der Waals surface area (Å²) in [5.41, 5.74) is 2.44. The zero-order valence-corrected chi connectivity index (χ0v) is 12.3. The van der Waals surface area contributed by atoms with Crippen molar-refractivity contribution >= 4 is 0 Å². The molecule has 2 aromatic heterocycles. The third-order valence-electron chi connectivity index (χ3n) is 4.08. The normalized spacial score (nSPS) is 16.1. The first-order valence-corrected chi connectivity index (χ1v) is 7.52. The van der Waals surface area contributed by atoms with E-state index in [1.807, 2.05) is 19.2 Å². The highest BCUT2D eigenvalue weighted by Crippen LogP contribution is 2.26. The molecule has 2 aromatic rings. The predicted molar refractivity (Wildman–Crippen MR) is 79.9 cm³/mol. The number of hydrogen-bond acceptors (Lipinski definition) is 4. The first kappa shape index (κ1) is 14.1. The van der Waals surface area contributed by atoms with Crippen LogP contribution in [0.15, 0.2) is 24.5 Å².